The molecule has 160 valence electrons. The Balaban J connectivity index is 1.55. The zero-order chi connectivity index (χ0) is 21.7. The summed E-state index contributed by atoms with van der Waals surface area (Å²) in [5, 5.41) is 11.8. The molecule has 4 rings (SSSR count). The lowest BCUT2D eigenvalue weighted by molar-refractivity contribution is -0.0737. The summed E-state index contributed by atoms with van der Waals surface area (Å²) in [7, 11) is 0. The molecule has 0 spiro atoms. The lowest BCUT2D eigenvalue weighted by Gasteiger charge is -2.46. The molecule has 0 saturated carbocycles. The zero-order valence-electron chi connectivity index (χ0n) is 17.9. The van der Waals surface area contributed by atoms with Crippen LogP contribution in [0.5, 0.6) is 5.75 Å². The smallest absolute Gasteiger partial charge is 0.170 e. The second-order valence-electron chi connectivity index (χ2n) is 8.29. The topological polar surface area (TPSA) is 49.8 Å². The highest BCUT2D eigenvalue weighted by Gasteiger charge is 2.47. The molecular formula is C27H29NO3. The van der Waals surface area contributed by atoms with E-state index in [1.165, 1.54) is 0 Å². The molecule has 1 aliphatic heterocycles. The first-order valence-electron chi connectivity index (χ1n) is 10.9. The molecule has 3 atom stereocenters. The number of aliphatic hydroxyl groups is 1. The van der Waals surface area contributed by atoms with Crippen LogP contribution in [-0.2, 0) is 5.60 Å². The first-order chi connectivity index (χ1) is 15.1. The summed E-state index contributed by atoms with van der Waals surface area (Å²) in [6.45, 7) is 3.82. The van der Waals surface area contributed by atoms with Gasteiger partial charge in [-0.3, -0.25) is 9.69 Å². The van der Waals surface area contributed by atoms with Crippen molar-refractivity contribution in [3.05, 3.63) is 102 Å². The van der Waals surface area contributed by atoms with E-state index in [2.05, 4.69) is 11.8 Å². The highest BCUT2D eigenvalue weighted by molar-refractivity contribution is 5.99. The fourth-order valence-electron chi connectivity index (χ4n) is 4.38. The third-order valence-electron chi connectivity index (χ3n) is 6.28. The summed E-state index contributed by atoms with van der Waals surface area (Å²) in [5.41, 5.74) is 0.249. The summed E-state index contributed by atoms with van der Waals surface area (Å²) < 4.78 is 5.95. The van der Waals surface area contributed by atoms with E-state index >= 15 is 0 Å². The number of piperidine rings is 1. The van der Waals surface area contributed by atoms with Crippen molar-refractivity contribution in [2.24, 2.45) is 5.92 Å². The molecule has 1 heterocycles. The summed E-state index contributed by atoms with van der Waals surface area (Å²) in [4.78, 5) is 15.8. The lowest BCUT2D eigenvalue weighted by Crippen LogP contribution is -2.55. The van der Waals surface area contributed by atoms with Crippen molar-refractivity contribution >= 4 is 5.78 Å². The number of carbonyl (C=O) groups excluding carboxylic acids is 1. The predicted molar refractivity (Wildman–Crippen MR) is 122 cm³/mol. The van der Waals surface area contributed by atoms with Crippen molar-refractivity contribution in [3.8, 4) is 5.75 Å². The molecule has 3 unspecified atom stereocenters. The molecule has 0 radical (unpaired) electrons. The number of hydrogen-bond acceptors (Lipinski definition) is 4. The Morgan fingerprint density at radius 2 is 1.58 bits per heavy atom. The largest absolute Gasteiger partial charge is 0.492 e. The van der Waals surface area contributed by atoms with Crippen molar-refractivity contribution in [2.75, 3.05) is 19.7 Å². The van der Waals surface area contributed by atoms with Gasteiger partial charge in [-0.15, -0.1) is 0 Å². The van der Waals surface area contributed by atoms with Crippen LogP contribution in [0.15, 0.2) is 91.0 Å². The summed E-state index contributed by atoms with van der Waals surface area (Å²) in [5.74, 6) is 0.266. The van der Waals surface area contributed by atoms with Gasteiger partial charge in [0.15, 0.2) is 5.78 Å². The Morgan fingerprint density at radius 3 is 2.23 bits per heavy atom. The van der Waals surface area contributed by atoms with Gasteiger partial charge in [0.25, 0.3) is 0 Å². The number of ether oxygens (including phenoxy) is 1. The van der Waals surface area contributed by atoms with Crippen LogP contribution in [0, 0.1) is 5.92 Å². The van der Waals surface area contributed by atoms with Gasteiger partial charge in [0.1, 0.15) is 18.0 Å². The van der Waals surface area contributed by atoms with E-state index in [4.69, 9.17) is 4.74 Å². The third kappa shape index (κ3) is 4.71. The number of likely N-dealkylation sites (tertiary alicyclic amines) is 1. The number of rotatable bonds is 7. The first-order valence-corrected chi connectivity index (χ1v) is 10.9. The van der Waals surface area contributed by atoms with Gasteiger partial charge in [0.2, 0.25) is 0 Å². The van der Waals surface area contributed by atoms with Gasteiger partial charge in [0.05, 0.1) is 5.92 Å². The molecule has 3 aromatic carbocycles. The molecule has 0 aromatic heterocycles. The Morgan fingerprint density at radius 1 is 1.00 bits per heavy atom. The fourth-order valence-corrected chi connectivity index (χ4v) is 4.38. The van der Waals surface area contributed by atoms with Crippen LogP contribution in [0.4, 0.5) is 0 Å². The highest BCUT2D eigenvalue weighted by atomic mass is 16.5. The van der Waals surface area contributed by atoms with Gasteiger partial charge in [-0.25, -0.2) is 0 Å². The standard InChI is InChI=1S/C27H29NO3/c1-21(20-31-24-15-9-4-10-16-24)28-18-17-27(30,23-13-7-3-8-14-23)25(19-28)26(29)22-11-5-2-6-12-22/h2-16,21,25,30H,17-20H2,1H3. The van der Waals surface area contributed by atoms with Gasteiger partial charge >= 0.3 is 0 Å². The molecule has 3 aromatic rings. The molecular weight excluding hydrogens is 386 g/mol. The quantitative estimate of drug-likeness (QED) is 0.576. The first kappa shape index (κ1) is 21.3. The Labute approximate surface area is 184 Å². The molecule has 0 bridgehead atoms. The maximum atomic E-state index is 13.5. The van der Waals surface area contributed by atoms with E-state index in [0.717, 1.165) is 11.3 Å². The fraction of sp³-hybridized carbons (Fsp3) is 0.296. The monoisotopic (exact) mass is 415 g/mol. The van der Waals surface area contributed by atoms with Crippen molar-refractivity contribution in [2.45, 2.75) is 25.0 Å². The Hall–Kier alpha value is -2.95. The zero-order valence-corrected chi connectivity index (χ0v) is 17.9. The lowest BCUT2D eigenvalue weighted by atomic mass is 9.72. The number of para-hydroxylation sites is 1. The molecule has 0 amide bonds. The van der Waals surface area contributed by atoms with Crippen LogP contribution in [0.25, 0.3) is 0 Å². The van der Waals surface area contributed by atoms with Crippen molar-refractivity contribution in [1.29, 1.82) is 0 Å². The third-order valence-corrected chi connectivity index (χ3v) is 6.28. The average Bonchev–Trinajstić information content (AvgIpc) is 2.84. The highest BCUT2D eigenvalue weighted by Crippen LogP contribution is 2.39. The molecule has 1 saturated heterocycles. The van der Waals surface area contributed by atoms with Crippen LogP contribution < -0.4 is 4.74 Å². The van der Waals surface area contributed by atoms with E-state index in [1.807, 2.05) is 91.0 Å². The van der Waals surface area contributed by atoms with E-state index in [9.17, 15) is 9.90 Å². The van der Waals surface area contributed by atoms with Gasteiger partial charge in [0, 0.05) is 24.7 Å². The van der Waals surface area contributed by atoms with E-state index in [0.29, 0.717) is 31.7 Å². The summed E-state index contributed by atoms with van der Waals surface area (Å²) >= 11 is 0. The summed E-state index contributed by atoms with van der Waals surface area (Å²) in [6.07, 6.45) is 0.496. The minimum atomic E-state index is -1.19. The average molecular weight is 416 g/mol. The number of hydrogen-bond donors (Lipinski definition) is 1. The van der Waals surface area contributed by atoms with Gasteiger partial charge in [-0.1, -0.05) is 78.9 Å². The molecule has 31 heavy (non-hydrogen) atoms. The minimum Gasteiger partial charge on any atom is -0.492 e. The molecule has 0 aliphatic carbocycles. The SMILES string of the molecule is CC(COc1ccccc1)N1CCC(O)(c2ccccc2)C(C(=O)c2ccccc2)C1. The van der Waals surface area contributed by atoms with Gasteiger partial charge < -0.3 is 9.84 Å². The predicted octanol–water partition coefficient (Wildman–Crippen LogP) is 4.55. The number of benzene rings is 3. The molecule has 1 aliphatic rings. The number of carbonyl (C=O) groups is 1. The Kier molecular flexibility index (Phi) is 6.50. The van der Waals surface area contributed by atoms with E-state index in [1.54, 1.807) is 0 Å². The number of nitrogens with zero attached hydrogens (tertiary/aromatic N) is 1. The van der Waals surface area contributed by atoms with Gasteiger partial charge in [-0.05, 0) is 31.0 Å². The van der Waals surface area contributed by atoms with Crippen molar-refractivity contribution in [3.63, 3.8) is 0 Å². The van der Waals surface area contributed by atoms with Crippen LogP contribution in [0.1, 0.15) is 29.3 Å². The second-order valence-corrected chi connectivity index (χ2v) is 8.29. The van der Waals surface area contributed by atoms with E-state index in [-0.39, 0.29) is 11.8 Å². The maximum absolute atomic E-state index is 13.5. The minimum absolute atomic E-state index is 0.0205. The van der Waals surface area contributed by atoms with Crippen LogP contribution >= 0.6 is 0 Å². The molecule has 4 nitrogen and oxygen atoms in total. The second kappa shape index (κ2) is 9.46. The van der Waals surface area contributed by atoms with E-state index < -0.39 is 11.5 Å². The number of ketones is 1. The number of Topliss-reactive ketones (excluding diaryl/α,β-unsaturated/α-hetero) is 1. The molecule has 1 N–H and O–H groups in total. The summed E-state index contributed by atoms with van der Waals surface area (Å²) in [6, 6.07) is 28.8. The Bertz CT molecular complexity index is 977. The van der Waals surface area contributed by atoms with Crippen molar-refractivity contribution < 1.29 is 14.6 Å². The van der Waals surface area contributed by atoms with Crippen molar-refractivity contribution in [1.82, 2.24) is 4.90 Å². The molecule has 1 fully saturated rings. The van der Waals surface area contributed by atoms with Crippen LogP contribution in [0.2, 0.25) is 0 Å². The van der Waals surface area contributed by atoms with Crippen LogP contribution in [-0.4, -0.2) is 41.5 Å². The van der Waals surface area contributed by atoms with Crippen LogP contribution in [0.3, 0.4) is 0 Å². The van der Waals surface area contributed by atoms with Gasteiger partial charge in [-0.2, -0.15) is 0 Å². The maximum Gasteiger partial charge on any atom is 0.170 e. The molecule has 4 heteroatoms. The normalized spacial score (nSPS) is 22.6.